The van der Waals surface area contributed by atoms with Crippen molar-refractivity contribution in [2.24, 2.45) is 4.99 Å². The lowest BCUT2D eigenvalue weighted by Gasteiger charge is -2.12. The van der Waals surface area contributed by atoms with Crippen molar-refractivity contribution >= 4 is 41.3 Å². The molecule has 0 aliphatic carbocycles. The number of ether oxygens (including phenoxy) is 1. The van der Waals surface area contributed by atoms with Gasteiger partial charge in [-0.25, -0.2) is 9.98 Å². The minimum atomic E-state index is 0. The maximum Gasteiger partial charge on any atom is 0.191 e. The molecule has 0 fully saturated rings. The first-order chi connectivity index (χ1) is 12.0. The Bertz CT molecular complexity index is 710. The zero-order valence-electron chi connectivity index (χ0n) is 16.2. The summed E-state index contributed by atoms with van der Waals surface area (Å²) in [5.41, 5.74) is 3.50. The highest BCUT2D eigenvalue weighted by Gasteiger charge is 2.05. The van der Waals surface area contributed by atoms with Crippen LogP contribution in [-0.2, 0) is 6.54 Å². The molecule has 1 aromatic heterocycles. The quantitative estimate of drug-likeness (QED) is 0.266. The van der Waals surface area contributed by atoms with Crippen LogP contribution in [0.5, 0.6) is 5.75 Å². The average molecular weight is 488 g/mol. The monoisotopic (exact) mass is 488 g/mol. The van der Waals surface area contributed by atoms with Gasteiger partial charge >= 0.3 is 0 Å². The summed E-state index contributed by atoms with van der Waals surface area (Å²) in [5, 5.41) is 7.66. The summed E-state index contributed by atoms with van der Waals surface area (Å²) in [4.78, 5) is 10.3. The fourth-order valence-electron chi connectivity index (χ4n) is 2.57. The van der Waals surface area contributed by atoms with Crippen LogP contribution in [0.25, 0.3) is 0 Å². The van der Waals surface area contributed by atoms with Gasteiger partial charge in [-0.15, -0.1) is 35.3 Å². The van der Waals surface area contributed by atoms with E-state index in [0.717, 1.165) is 29.0 Å². The van der Waals surface area contributed by atoms with Crippen LogP contribution in [-0.4, -0.2) is 30.6 Å². The van der Waals surface area contributed by atoms with Crippen molar-refractivity contribution in [2.45, 2.75) is 41.2 Å². The fourth-order valence-corrected chi connectivity index (χ4v) is 3.43. The molecule has 0 amide bonds. The lowest BCUT2D eigenvalue weighted by atomic mass is 10.1. The molecule has 2 rings (SSSR count). The van der Waals surface area contributed by atoms with E-state index in [4.69, 9.17) is 4.74 Å². The van der Waals surface area contributed by atoms with Crippen molar-refractivity contribution in [3.63, 3.8) is 0 Å². The number of nitrogens with one attached hydrogen (secondary N) is 2. The largest absolute Gasteiger partial charge is 0.492 e. The number of aromatic nitrogens is 1. The fraction of sp³-hybridized carbons (Fsp3) is 0.474. The van der Waals surface area contributed by atoms with Crippen LogP contribution in [0.2, 0.25) is 0 Å². The van der Waals surface area contributed by atoms with Crippen LogP contribution >= 0.6 is 35.3 Å². The predicted octanol–water partition coefficient (Wildman–Crippen LogP) is 4.13. The van der Waals surface area contributed by atoms with Crippen molar-refractivity contribution in [1.29, 1.82) is 0 Å². The van der Waals surface area contributed by atoms with Gasteiger partial charge in [-0.1, -0.05) is 6.07 Å². The number of halogens is 1. The molecule has 0 bridgehead atoms. The molecule has 0 aliphatic heterocycles. The molecule has 0 aliphatic rings. The highest BCUT2D eigenvalue weighted by Crippen LogP contribution is 2.18. The van der Waals surface area contributed by atoms with Gasteiger partial charge in [0.25, 0.3) is 0 Å². The third-order valence-electron chi connectivity index (χ3n) is 3.58. The molecule has 26 heavy (non-hydrogen) atoms. The Morgan fingerprint density at radius 1 is 1.12 bits per heavy atom. The van der Waals surface area contributed by atoms with Crippen molar-refractivity contribution in [1.82, 2.24) is 15.6 Å². The zero-order valence-corrected chi connectivity index (χ0v) is 19.3. The average Bonchev–Trinajstić information content (AvgIpc) is 2.86. The molecular weight excluding hydrogens is 459 g/mol. The second-order valence-electron chi connectivity index (χ2n) is 6.04. The highest BCUT2D eigenvalue weighted by molar-refractivity contribution is 14.0. The Hall–Kier alpha value is -1.35. The standard InChI is InChI=1S/C19H28N4OS.HI/c1-6-20-19(22-12-18-15(4)23-16(5)25-18)21-7-8-24-17-10-13(2)9-14(3)11-17;/h9-11H,6-8,12H2,1-5H3,(H2,20,21,22);1H. The Labute approximate surface area is 177 Å². The summed E-state index contributed by atoms with van der Waals surface area (Å²) in [5.74, 6) is 1.72. The van der Waals surface area contributed by atoms with E-state index >= 15 is 0 Å². The number of aryl methyl sites for hydroxylation is 4. The third-order valence-corrected chi connectivity index (χ3v) is 4.64. The van der Waals surface area contributed by atoms with Gasteiger partial charge in [0.2, 0.25) is 0 Å². The van der Waals surface area contributed by atoms with Gasteiger partial charge in [0.15, 0.2) is 5.96 Å². The number of hydrogen-bond donors (Lipinski definition) is 2. The molecular formula is C19H29IN4OS. The van der Waals surface area contributed by atoms with Gasteiger partial charge in [-0.05, 0) is 57.9 Å². The maximum absolute atomic E-state index is 5.83. The topological polar surface area (TPSA) is 58.5 Å². The van der Waals surface area contributed by atoms with Crippen LogP contribution in [0.1, 0.15) is 33.6 Å². The molecule has 0 saturated heterocycles. The first-order valence-corrected chi connectivity index (χ1v) is 9.45. The van der Waals surface area contributed by atoms with Crippen molar-refractivity contribution in [3.8, 4) is 5.75 Å². The van der Waals surface area contributed by atoms with Gasteiger partial charge in [-0.2, -0.15) is 0 Å². The molecule has 1 aromatic carbocycles. The number of benzene rings is 1. The summed E-state index contributed by atoms with van der Waals surface area (Å²) < 4.78 is 5.83. The number of thiazole rings is 1. The van der Waals surface area contributed by atoms with E-state index in [-0.39, 0.29) is 24.0 Å². The molecule has 5 nitrogen and oxygen atoms in total. The van der Waals surface area contributed by atoms with Crippen LogP contribution in [0, 0.1) is 27.7 Å². The highest BCUT2D eigenvalue weighted by atomic mass is 127. The molecule has 2 N–H and O–H groups in total. The third kappa shape index (κ3) is 7.49. The molecule has 2 aromatic rings. The Kier molecular flexibility index (Phi) is 9.93. The van der Waals surface area contributed by atoms with Crippen molar-refractivity contribution in [3.05, 3.63) is 44.9 Å². The van der Waals surface area contributed by atoms with E-state index in [2.05, 4.69) is 59.6 Å². The molecule has 7 heteroatoms. The number of hydrogen-bond acceptors (Lipinski definition) is 4. The van der Waals surface area contributed by atoms with E-state index in [1.165, 1.54) is 16.0 Å². The number of guanidine groups is 1. The lowest BCUT2D eigenvalue weighted by molar-refractivity contribution is 0.321. The summed E-state index contributed by atoms with van der Waals surface area (Å²) in [6, 6.07) is 6.26. The second kappa shape index (κ2) is 11.4. The van der Waals surface area contributed by atoms with Crippen LogP contribution in [0.4, 0.5) is 0 Å². The molecule has 1 heterocycles. The Balaban J connectivity index is 0.00000338. The van der Waals surface area contributed by atoms with Crippen LogP contribution < -0.4 is 15.4 Å². The van der Waals surface area contributed by atoms with Gasteiger partial charge in [0.1, 0.15) is 12.4 Å². The summed E-state index contributed by atoms with van der Waals surface area (Å²) in [6.07, 6.45) is 0. The summed E-state index contributed by atoms with van der Waals surface area (Å²) in [6.45, 7) is 13.0. The van der Waals surface area contributed by atoms with Gasteiger partial charge in [0.05, 0.1) is 23.8 Å². The number of rotatable bonds is 7. The Morgan fingerprint density at radius 2 is 1.81 bits per heavy atom. The first-order valence-electron chi connectivity index (χ1n) is 8.64. The lowest BCUT2D eigenvalue weighted by Crippen LogP contribution is -2.39. The summed E-state index contributed by atoms with van der Waals surface area (Å²) in [7, 11) is 0. The molecule has 0 radical (unpaired) electrons. The van der Waals surface area contributed by atoms with Crippen LogP contribution in [0.15, 0.2) is 23.2 Å². The number of aliphatic imine (C=N–C) groups is 1. The molecule has 0 spiro atoms. The molecule has 0 unspecified atom stereocenters. The van der Waals surface area contributed by atoms with E-state index in [1.807, 2.05) is 13.8 Å². The molecule has 0 atom stereocenters. The van der Waals surface area contributed by atoms with E-state index in [9.17, 15) is 0 Å². The maximum atomic E-state index is 5.83. The first kappa shape index (κ1) is 22.7. The smallest absolute Gasteiger partial charge is 0.191 e. The summed E-state index contributed by atoms with van der Waals surface area (Å²) >= 11 is 1.70. The molecule has 0 saturated carbocycles. The Morgan fingerprint density at radius 3 is 2.38 bits per heavy atom. The van der Waals surface area contributed by atoms with Gasteiger partial charge in [0, 0.05) is 11.4 Å². The van der Waals surface area contributed by atoms with E-state index in [0.29, 0.717) is 19.7 Å². The van der Waals surface area contributed by atoms with Gasteiger partial charge in [-0.3, -0.25) is 0 Å². The van der Waals surface area contributed by atoms with E-state index < -0.39 is 0 Å². The molecule has 144 valence electrons. The minimum absolute atomic E-state index is 0. The zero-order chi connectivity index (χ0) is 18.2. The normalized spacial score (nSPS) is 11.0. The SMILES string of the molecule is CCNC(=NCc1sc(C)nc1C)NCCOc1cc(C)cc(C)c1.I. The predicted molar refractivity (Wildman–Crippen MR) is 121 cm³/mol. The van der Waals surface area contributed by atoms with Gasteiger partial charge < -0.3 is 15.4 Å². The van der Waals surface area contributed by atoms with Crippen molar-refractivity contribution < 1.29 is 4.74 Å². The number of nitrogens with zero attached hydrogens (tertiary/aromatic N) is 2. The minimum Gasteiger partial charge on any atom is -0.492 e. The van der Waals surface area contributed by atoms with E-state index in [1.54, 1.807) is 11.3 Å². The van der Waals surface area contributed by atoms with Crippen molar-refractivity contribution in [2.75, 3.05) is 19.7 Å². The second-order valence-corrected chi connectivity index (χ2v) is 7.32. The van der Waals surface area contributed by atoms with Crippen LogP contribution in [0.3, 0.4) is 0 Å².